The highest BCUT2D eigenvalue weighted by Crippen LogP contribution is 2.31. The van der Waals surface area contributed by atoms with Crippen molar-refractivity contribution in [1.82, 2.24) is 0 Å². The van der Waals surface area contributed by atoms with Crippen LogP contribution in [0.15, 0.2) is 32.0 Å². The normalized spacial score (nSPS) is 13.1. The molecule has 2 aromatic rings. The van der Waals surface area contributed by atoms with Crippen LogP contribution in [0.1, 0.15) is 22.9 Å². The molecule has 2 N–H and O–H groups in total. The van der Waals surface area contributed by atoms with Crippen molar-refractivity contribution in [2.45, 2.75) is 13.0 Å². The molecule has 1 unspecified atom stereocenters. The highest BCUT2D eigenvalue weighted by atomic mass is 79.9. The predicted octanol–water partition coefficient (Wildman–Crippen LogP) is 3.46. The van der Waals surface area contributed by atoms with Gasteiger partial charge in [-0.15, -0.1) is 0 Å². The first-order chi connectivity index (χ1) is 6.70. The Morgan fingerprint density at radius 2 is 2.29 bits per heavy atom. The van der Waals surface area contributed by atoms with Gasteiger partial charge < -0.3 is 10.2 Å². The third kappa shape index (κ3) is 1.65. The van der Waals surface area contributed by atoms with E-state index in [0.29, 0.717) is 0 Å². The van der Waals surface area contributed by atoms with Gasteiger partial charge in [-0.25, -0.2) is 0 Å². The van der Waals surface area contributed by atoms with Crippen molar-refractivity contribution in [1.29, 1.82) is 0 Å². The maximum absolute atomic E-state index is 6.09. The summed E-state index contributed by atoms with van der Waals surface area (Å²) in [4.78, 5) is 0. The molecule has 0 spiro atoms. The molecular formula is C10H10BrNOS. The summed E-state index contributed by atoms with van der Waals surface area (Å²) in [5.41, 5.74) is 8.26. The van der Waals surface area contributed by atoms with Crippen molar-refractivity contribution in [2.24, 2.45) is 5.73 Å². The van der Waals surface area contributed by atoms with Gasteiger partial charge in [-0.2, -0.15) is 11.3 Å². The summed E-state index contributed by atoms with van der Waals surface area (Å²) in [6, 6.07) is 1.75. The second kappa shape index (κ2) is 3.88. The zero-order chi connectivity index (χ0) is 10.1. The lowest BCUT2D eigenvalue weighted by Gasteiger charge is -2.08. The van der Waals surface area contributed by atoms with Crippen molar-refractivity contribution in [3.05, 3.63) is 44.4 Å². The first-order valence-corrected chi connectivity index (χ1v) is 5.95. The molecule has 2 aromatic heterocycles. The Morgan fingerprint density at radius 3 is 2.79 bits per heavy atom. The van der Waals surface area contributed by atoms with Crippen molar-refractivity contribution >= 4 is 27.3 Å². The van der Waals surface area contributed by atoms with Crippen LogP contribution in [0.5, 0.6) is 0 Å². The molecule has 0 aliphatic carbocycles. The van der Waals surface area contributed by atoms with Gasteiger partial charge >= 0.3 is 0 Å². The van der Waals surface area contributed by atoms with Gasteiger partial charge in [0.2, 0.25) is 0 Å². The van der Waals surface area contributed by atoms with Crippen LogP contribution in [0.25, 0.3) is 0 Å². The smallest absolute Gasteiger partial charge is 0.127 e. The Bertz CT molecular complexity index is 395. The third-order valence-corrected chi connectivity index (χ3v) is 3.91. The summed E-state index contributed by atoms with van der Waals surface area (Å²) in [7, 11) is 0. The Kier molecular flexibility index (Phi) is 2.76. The summed E-state index contributed by atoms with van der Waals surface area (Å²) in [6.07, 6.45) is 1.67. The molecular weight excluding hydrogens is 262 g/mol. The summed E-state index contributed by atoms with van der Waals surface area (Å²) < 4.78 is 6.41. The highest BCUT2D eigenvalue weighted by molar-refractivity contribution is 9.10. The van der Waals surface area contributed by atoms with E-state index in [9.17, 15) is 0 Å². The summed E-state index contributed by atoms with van der Waals surface area (Å²) >= 11 is 5.09. The Balaban J connectivity index is 2.38. The van der Waals surface area contributed by atoms with E-state index in [0.717, 1.165) is 21.4 Å². The van der Waals surface area contributed by atoms with Crippen molar-refractivity contribution in [3.63, 3.8) is 0 Å². The molecule has 0 saturated heterocycles. The number of nitrogens with two attached hydrogens (primary N) is 1. The first-order valence-electron chi connectivity index (χ1n) is 4.21. The van der Waals surface area contributed by atoms with Crippen molar-refractivity contribution < 1.29 is 4.42 Å². The summed E-state index contributed by atoms with van der Waals surface area (Å²) in [5, 5.41) is 4.06. The van der Waals surface area contributed by atoms with Gasteiger partial charge in [0.05, 0.1) is 12.3 Å². The standard InChI is InChI=1S/C10H10BrNOS/c1-6-2-3-13-10(6)9(12)7-4-14-5-8(7)11/h2-5,9H,12H2,1H3. The van der Waals surface area contributed by atoms with Crippen LogP contribution < -0.4 is 5.73 Å². The second-order valence-corrected chi connectivity index (χ2v) is 4.72. The quantitative estimate of drug-likeness (QED) is 0.909. The molecule has 0 amide bonds. The molecule has 4 heteroatoms. The zero-order valence-corrected chi connectivity index (χ0v) is 10.1. The number of rotatable bonds is 2. The monoisotopic (exact) mass is 271 g/mol. The summed E-state index contributed by atoms with van der Waals surface area (Å²) in [6.45, 7) is 2.00. The average molecular weight is 272 g/mol. The van der Waals surface area contributed by atoms with Gasteiger partial charge in [-0.1, -0.05) is 0 Å². The molecule has 2 heterocycles. The van der Waals surface area contributed by atoms with Crippen LogP contribution in [0.2, 0.25) is 0 Å². The largest absolute Gasteiger partial charge is 0.467 e. The molecule has 0 aliphatic rings. The number of hydrogen-bond donors (Lipinski definition) is 1. The lowest BCUT2D eigenvalue weighted by Crippen LogP contribution is -2.11. The molecule has 2 nitrogen and oxygen atoms in total. The lowest BCUT2D eigenvalue weighted by atomic mass is 10.1. The second-order valence-electron chi connectivity index (χ2n) is 3.12. The van der Waals surface area contributed by atoms with Gasteiger partial charge in [0.25, 0.3) is 0 Å². The molecule has 0 aromatic carbocycles. The average Bonchev–Trinajstić information content (AvgIpc) is 2.73. The van der Waals surface area contributed by atoms with Crippen LogP contribution in [0, 0.1) is 6.92 Å². The van der Waals surface area contributed by atoms with E-state index >= 15 is 0 Å². The number of thiophene rings is 1. The van der Waals surface area contributed by atoms with Crippen molar-refractivity contribution in [2.75, 3.05) is 0 Å². The molecule has 0 radical (unpaired) electrons. The Morgan fingerprint density at radius 1 is 1.50 bits per heavy atom. The number of halogens is 1. The van der Waals surface area contributed by atoms with Crippen LogP contribution in [-0.4, -0.2) is 0 Å². The fraction of sp³-hybridized carbons (Fsp3) is 0.200. The van der Waals surface area contributed by atoms with Crippen LogP contribution >= 0.6 is 27.3 Å². The minimum atomic E-state index is -0.175. The molecule has 74 valence electrons. The predicted molar refractivity (Wildman–Crippen MR) is 61.5 cm³/mol. The van der Waals surface area contributed by atoms with E-state index in [4.69, 9.17) is 10.2 Å². The minimum Gasteiger partial charge on any atom is -0.467 e. The molecule has 0 bridgehead atoms. The van der Waals surface area contributed by atoms with E-state index in [-0.39, 0.29) is 6.04 Å². The highest BCUT2D eigenvalue weighted by Gasteiger charge is 2.17. The molecule has 0 fully saturated rings. The summed E-state index contributed by atoms with van der Waals surface area (Å²) in [5.74, 6) is 0.837. The van der Waals surface area contributed by atoms with Gasteiger partial charge in [0.1, 0.15) is 5.76 Å². The molecule has 1 atom stereocenters. The maximum atomic E-state index is 6.09. The SMILES string of the molecule is Cc1ccoc1C(N)c1cscc1Br. The molecule has 2 rings (SSSR count). The van der Waals surface area contributed by atoms with Gasteiger partial charge in [0.15, 0.2) is 0 Å². The van der Waals surface area contributed by atoms with Crippen LogP contribution in [-0.2, 0) is 0 Å². The zero-order valence-electron chi connectivity index (χ0n) is 7.66. The molecule has 0 saturated carbocycles. The van der Waals surface area contributed by atoms with Gasteiger partial charge in [-0.05, 0) is 39.9 Å². The fourth-order valence-electron chi connectivity index (χ4n) is 1.36. The Labute approximate surface area is 94.9 Å². The number of aryl methyl sites for hydroxylation is 1. The molecule has 0 aliphatic heterocycles. The van der Waals surface area contributed by atoms with Crippen LogP contribution in [0.3, 0.4) is 0 Å². The Hall–Kier alpha value is -0.580. The first kappa shape index (κ1) is 9.96. The molecule has 14 heavy (non-hydrogen) atoms. The third-order valence-electron chi connectivity index (χ3n) is 2.16. The minimum absolute atomic E-state index is 0.175. The fourth-order valence-corrected chi connectivity index (χ4v) is 2.94. The topological polar surface area (TPSA) is 39.2 Å². The lowest BCUT2D eigenvalue weighted by molar-refractivity contribution is 0.487. The van der Waals surface area contributed by atoms with E-state index in [1.165, 1.54) is 0 Å². The number of hydrogen-bond acceptors (Lipinski definition) is 3. The van der Waals surface area contributed by atoms with E-state index in [2.05, 4.69) is 15.9 Å². The van der Waals surface area contributed by atoms with Gasteiger partial charge in [-0.3, -0.25) is 0 Å². The van der Waals surface area contributed by atoms with E-state index in [1.807, 2.05) is 23.8 Å². The van der Waals surface area contributed by atoms with E-state index < -0.39 is 0 Å². The van der Waals surface area contributed by atoms with Crippen LogP contribution in [0.4, 0.5) is 0 Å². The van der Waals surface area contributed by atoms with Crippen molar-refractivity contribution in [3.8, 4) is 0 Å². The van der Waals surface area contributed by atoms with Gasteiger partial charge in [0, 0.05) is 15.4 Å². The number of furan rings is 1. The van der Waals surface area contributed by atoms with E-state index in [1.54, 1.807) is 17.6 Å². The maximum Gasteiger partial charge on any atom is 0.127 e.